The van der Waals surface area contributed by atoms with Crippen LogP contribution in [-0.4, -0.2) is 47.8 Å². The van der Waals surface area contributed by atoms with Crippen LogP contribution in [0.15, 0.2) is 0 Å². The molecule has 1 aliphatic carbocycles. The summed E-state index contributed by atoms with van der Waals surface area (Å²) < 4.78 is 6.54. The molecule has 3 nitrogen and oxygen atoms in total. The van der Waals surface area contributed by atoms with E-state index in [0.717, 1.165) is 19.6 Å². The van der Waals surface area contributed by atoms with Gasteiger partial charge in [-0.1, -0.05) is 26.7 Å². The summed E-state index contributed by atoms with van der Waals surface area (Å²) in [6.07, 6.45) is 8.41. The Balaban J connectivity index is 1.60. The van der Waals surface area contributed by atoms with Gasteiger partial charge in [-0.3, -0.25) is 4.90 Å². The van der Waals surface area contributed by atoms with Crippen molar-refractivity contribution in [1.29, 1.82) is 0 Å². The van der Waals surface area contributed by atoms with Gasteiger partial charge in [0.05, 0.1) is 11.7 Å². The fourth-order valence-corrected chi connectivity index (χ4v) is 4.47. The normalized spacial score (nSPS) is 35.9. The van der Waals surface area contributed by atoms with E-state index in [2.05, 4.69) is 37.9 Å². The summed E-state index contributed by atoms with van der Waals surface area (Å²) in [4.78, 5) is 2.69. The third-order valence-corrected chi connectivity index (χ3v) is 6.15. The van der Waals surface area contributed by atoms with Crippen molar-refractivity contribution in [2.24, 2.45) is 5.92 Å². The smallest absolute Gasteiger partial charge is 0.0710 e. The van der Waals surface area contributed by atoms with Crippen molar-refractivity contribution in [3.8, 4) is 0 Å². The van der Waals surface area contributed by atoms with Gasteiger partial charge in [-0.15, -0.1) is 0 Å². The number of hydrogen-bond donors (Lipinski definition) is 1. The number of nitrogens with zero attached hydrogens (tertiary/aromatic N) is 1. The van der Waals surface area contributed by atoms with Gasteiger partial charge in [-0.2, -0.15) is 0 Å². The highest BCUT2D eigenvalue weighted by Crippen LogP contribution is 2.43. The largest absolute Gasteiger partial charge is 0.370 e. The lowest BCUT2D eigenvalue weighted by Crippen LogP contribution is -2.64. The lowest BCUT2D eigenvalue weighted by Gasteiger charge is -2.48. The highest BCUT2D eigenvalue weighted by molar-refractivity contribution is 4.98. The maximum absolute atomic E-state index is 6.54. The van der Waals surface area contributed by atoms with E-state index in [0.29, 0.717) is 18.1 Å². The maximum atomic E-state index is 6.54. The van der Waals surface area contributed by atoms with Crippen LogP contribution in [0.2, 0.25) is 0 Å². The first-order valence-corrected chi connectivity index (χ1v) is 9.07. The van der Waals surface area contributed by atoms with Gasteiger partial charge in [0.15, 0.2) is 0 Å². The number of hydrogen-bond acceptors (Lipinski definition) is 3. The molecular formula is C18H34N2O. The van der Waals surface area contributed by atoms with Crippen molar-refractivity contribution in [1.82, 2.24) is 10.2 Å². The zero-order chi connectivity index (χ0) is 15.1. The fourth-order valence-electron chi connectivity index (χ4n) is 4.47. The first-order valence-electron chi connectivity index (χ1n) is 9.07. The molecule has 3 fully saturated rings. The Morgan fingerprint density at radius 2 is 1.90 bits per heavy atom. The lowest BCUT2D eigenvalue weighted by atomic mass is 9.92. The van der Waals surface area contributed by atoms with Gasteiger partial charge < -0.3 is 10.1 Å². The minimum absolute atomic E-state index is 0.250. The second-order valence-corrected chi connectivity index (χ2v) is 8.62. The van der Waals surface area contributed by atoms with Crippen molar-refractivity contribution < 1.29 is 4.74 Å². The van der Waals surface area contributed by atoms with Crippen LogP contribution in [0.3, 0.4) is 0 Å². The highest BCUT2D eigenvalue weighted by atomic mass is 16.5. The first kappa shape index (κ1) is 15.8. The van der Waals surface area contributed by atoms with Crippen LogP contribution in [0.1, 0.15) is 66.2 Å². The summed E-state index contributed by atoms with van der Waals surface area (Å²) in [5.41, 5.74) is 0.528. The Morgan fingerprint density at radius 3 is 2.57 bits per heavy atom. The summed E-state index contributed by atoms with van der Waals surface area (Å²) >= 11 is 0. The molecule has 0 aromatic rings. The summed E-state index contributed by atoms with van der Waals surface area (Å²) in [5.74, 6) is 0.703. The Hall–Kier alpha value is -0.120. The molecule has 0 aromatic carbocycles. The molecule has 1 N–H and O–H groups in total. The topological polar surface area (TPSA) is 24.5 Å². The van der Waals surface area contributed by atoms with Crippen LogP contribution in [0.5, 0.6) is 0 Å². The standard InChI is InChI=1S/C18H34N2O/c1-14(2)16-12-20(17(3,4)13-19-16)11-15-7-10-18(21-15)8-5-6-9-18/h14-16,19H,5-13H2,1-4H3. The van der Waals surface area contributed by atoms with Crippen LogP contribution in [0.25, 0.3) is 0 Å². The second kappa shape index (κ2) is 5.82. The quantitative estimate of drug-likeness (QED) is 0.865. The Labute approximate surface area is 130 Å². The molecule has 0 amide bonds. The van der Waals surface area contributed by atoms with Crippen molar-refractivity contribution in [3.63, 3.8) is 0 Å². The Kier molecular flexibility index (Phi) is 4.37. The molecule has 1 spiro atoms. The van der Waals surface area contributed by atoms with Gasteiger partial charge in [0, 0.05) is 31.2 Å². The van der Waals surface area contributed by atoms with Gasteiger partial charge >= 0.3 is 0 Å². The van der Waals surface area contributed by atoms with Crippen molar-refractivity contribution in [2.45, 2.75) is 89.5 Å². The summed E-state index contributed by atoms with van der Waals surface area (Å²) in [6.45, 7) is 12.8. The minimum Gasteiger partial charge on any atom is -0.370 e. The minimum atomic E-state index is 0.250. The summed E-state index contributed by atoms with van der Waals surface area (Å²) in [5, 5.41) is 3.73. The van der Waals surface area contributed by atoms with E-state index in [1.165, 1.54) is 38.5 Å². The maximum Gasteiger partial charge on any atom is 0.0710 e. The van der Waals surface area contributed by atoms with Crippen molar-refractivity contribution >= 4 is 0 Å². The van der Waals surface area contributed by atoms with Gasteiger partial charge in [0.1, 0.15) is 0 Å². The van der Waals surface area contributed by atoms with E-state index in [9.17, 15) is 0 Å². The van der Waals surface area contributed by atoms with E-state index in [4.69, 9.17) is 4.74 Å². The average molecular weight is 294 g/mol. The molecule has 21 heavy (non-hydrogen) atoms. The molecular weight excluding hydrogens is 260 g/mol. The molecule has 3 aliphatic rings. The van der Waals surface area contributed by atoms with Gasteiger partial charge in [0.25, 0.3) is 0 Å². The molecule has 2 saturated heterocycles. The molecule has 122 valence electrons. The molecule has 3 rings (SSSR count). The molecule has 3 heteroatoms. The molecule has 1 saturated carbocycles. The molecule has 2 aliphatic heterocycles. The zero-order valence-corrected chi connectivity index (χ0v) is 14.5. The van der Waals surface area contributed by atoms with Crippen molar-refractivity contribution in [3.05, 3.63) is 0 Å². The third-order valence-electron chi connectivity index (χ3n) is 6.15. The van der Waals surface area contributed by atoms with E-state index >= 15 is 0 Å². The monoisotopic (exact) mass is 294 g/mol. The molecule has 0 radical (unpaired) electrons. The third kappa shape index (κ3) is 3.30. The van der Waals surface area contributed by atoms with E-state index in [1.54, 1.807) is 0 Å². The Bertz CT molecular complexity index is 360. The number of rotatable bonds is 3. The van der Waals surface area contributed by atoms with Gasteiger partial charge in [-0.25, -0.2) is 0 Å². The number of ether oxygens (including phenoxy) is 1. The van der Waals surface area contributed by atoms with Gasteiger partial charge in [0.2, 0.25) is 0 Å². The summed E-state index contributed by atoms with van der Waals surface area (Å²) in [6, 6.07) is 0.625. The SMILES string of the molecule is CC(C)C1CN(CC2CCC3(CCCC3)O2)C(C)(C)CN1. The fraction of sp³-hybridized carbons (Fsp3) is 1.00. The zero-order valence-electron chi connectivity index (χ0n) is 14.5. The molecule has 2 heterocycles. The van der Waals surface area contributed by atoms with Crippen LogP contribution in [0, 0.1) is 5.92 Å². The second-order valence-electron chi connectivity index (χ2n) is 8.62. The van der Waals surface area contributed by atoms with Crippen molar-refractivity contribution in [2.75, 3.05) is 19.6 Å². The molecule has 2 atom stereocenters. The molecule has 0 bridgehead atoms. The first-order chi connectivity index (χ1) is 9.90. The predicted molar refractivity (Wildman–Crippen MR) is 87.6 cm³/mol. The van der Waals surface area contributed by atoms with Crippen LogP contribution in [0.4, 0.5) is 0 Å². The predicted octanol–water partition coefficient (Wildman–Crippen LogP) is 3.19. The average Bonchev–Trinajstić information content (AvgIpc) is 3.03. The van der Waals surface area contributed by atoms with Crippen LogP contribution in [-0.2, 0) is 4.74 Å². The Morgan fingerprint density at radius 1 is 1.19 bits per heavy atom. The van der Waals surface area contributed by atoms with Gasteiger partial charge in [-0.05, 0) is 45.4 Å². The summed E-state index contributed by atoms with van der Waals surface area (Å²) in [7, 11) is 0. The lowest BCUT2D eigenvalue weighted by molar-refractivity contribution is -0.0649. The van der Waals surface area contributed by atoms with Crippen LogP contribution < -0.4 is 5.32 Å². The molecule has 2 unspecified atom stereocenters. The van der Waals surface area contributed by atoms with E-state index in [1.807, 2.05) is 0 Å². The van der Waals surface area contributed by atoms with E-state index in [-0.39, 0.29) is 11.1 Å². The number of nitrogens with one attached hydrogen (secondary N) is 1. The van der Waals surface area contributed by atoms with Crippen LogP contribution >= 0.6 is 0 Å². The molecule has 0 aromatic heterocycles. The highest BCUT2D eigenvalue weighted by Gasteiger charge is 2.44. The number of piperazine rings is 1. The van der Waals surface area contributed by atoms with E-state index < -0.39 is 0 Å².